The molecule has 1 unspecified atom stereocenters. The van der Waals surface area contributed by atoms with Crippen molar-refractivity contribution in [2.75, 3.05) is 31.6 Å². The highest BCUT2D eigenvalue weighted by molar-refractivity contribution is 5.89. The number of hydrogen-bond acceptors (Lipinski definition) is 5. The van der Waals surface area contributed by atoms with Crippen LogP contribution in [0.4, 0.5) is 10.5 Å². The number of hydrogen-bond donors (Lipinski definition) is 2. The second-order valence-corrected chi connectivity index (χ2v) is 8.43. The highest BCUT2D eigenvalue weighted by Crippen LogP contribution is 2.23. The van der Waals surface area contributed by atoms with Crippen LogP contribution < -0.4 is 15.4 Å². The summed E-state index contributed by atoms with van der Waals surface area (Å²) in [5.74, 6) is 0.889. The molecule has 2 saturated heterocycles. The molecule has 0 spiro atoms. The molecule has 3 amide bonds. The largest absolute Gasteiger partial charge is 0.489 e. The zero-order valence-electron chi connectivity index (χ0n) is 18.3. The molecule has 3 aromatic rings. The Morgan fingerprint density at radius 1 is 1.15 bits per heavy atom. The van der Waals surface area contributed by atoms with Gasteiger partial charge in [0, 0.05) is 50.4 Å². The highest BCUT2D eigenvalue weighted by Gasteiger charge is 2.33. The van der Waals surface area contributed by atoms with Crippen LogP contribution in [0.3, 0.4) is 0 Å². The fourth-order valence-corrected chi connectivity index (χ4v) is 4.24. The van der Waals surface area contributed by atoms with Gasteiger partial charge in [-0.1, -0.05) is 0 Å². The summed E-state index contributed by atoms with van der Waals surface area (Å²) in [5, 5.41) is 5.68. The monoisotopic (exact) mass is 449 g/mol. The summed E-state index contributed by atoms with van der Waals surface area (Å²) in [4.78, 5) is 30.9. The first-order valence-corrected chi connectivity index (χ1v) is 11.2. The first kappa shape index (κ1) is 21.3. The Morgan fingerprint density at radius 2 is 2.03 bits per heavy atom. The molecule has 33 heavy (non-hydrogen) atoms. The molecule has 2 N–H and O–H groups in total. The number of likely N-dealkylation sites (tertiary alicyclic amines) is 1. The molecule has 2 fully saturated rings. The van der Waals surface area contributed by atoms with E-state index in [4.69, 9.17) is 9.47 Å². The molecule has 2 aliphatic rings. The van der Waals surface area contributed by atoms with Crippen LogP contribution >= 0.6 is 0 Å². The van der Waals surface area contributed by atoms with Gasteiger partial charge in [0.05, 0.1) is 19.1 Å². The zero-order chi connectivity index (χ0) is 22.6. The Morgan fingerprint density at radius 3 is 2.85 bits per heavy atom. The fourth-order valence-electron chi connectivity index (χ4n) is 4.24. The number of urea groups is 1. The quantitative estimate of drug-likeness (QED) is 0.603. The number of imidazole rings is 1. The summed E-state index contributed by atoms with van der Waals surface area (Å²) in [6, 6.07) is 10.9. The number of aromatic nitrogens is 2. The van der Waals surface area contributed by atoms with E-state index < -0.39 is 0 Å². The number of carbonyl (C=O) groups is 2. The number of carbonyl (C=O) groups excluding carboxylic acids is 2. The molecule has 9 heteroatoms. The van der Waals surface area contributed by atoms with E-state index in [1.807, 2.05) is 46.0 Å². The lowest BCUT2D eigenvalue weighted by Gasteiger charge is -2.20. The third-order valence-corrected chi connectivity index (χ3v) is 6.07. The van der Waals surface area contributed by atoms with Crippen LogP contribution in [0.5, 0.6) is 5.75 Å². The number of amides is 3. The van der Waals surface area contributed by atoms with Crippen molar-refractivity contribution in [2.45, 2.75) is 25.5 Å². The van der Waals surface area contributed by atoms with Gasteiger partial charge in [0.25, 0.3) is 0 Å². The van der Waals surface area contributed by atoms with E-state index in [1.165, 1.54) is 0 Å². The molecule has 4 heterocycles. The third kappa shape index (κ3) is 5.09. The summed E-state index contributed by atoms with van der Waals surface area (Å²) < 4.78 is 13.3. The van der Waals surface area contributed by atoms with E-state index in [-0.39, 0.29) is 24.0 Å². The molecule has 0 aliphatic carbocycles. The van der Waals surface area contributed by atoms with E-state index >= 15 is 0 Å². The van der Waals surface area contributed by atoms with Gasteiger partial charge < -0.3 is 29.4 Å². The molecule has 0 bridgehead atoms. The number of rotatable bonds is 6. The molecule has 9 nitrogen and oxygen atoms in total. The minimum atomic E-state index is -0.285. The van der Waals surface area contributed by atoms with Crippen molar-refractivity contribution >= 4 is 23.3 Å². The second-order valence-electron chi connectivity index (χ2n) is 8.43. The van der Waals surface area contributed by atoms with Crippen LogP contribution in [-0.4, -0.2) is 58.6 Å². The van der Waals surface area contributed by atoms with Gasteiger partial charge in [0.15, 0.2) is 0 Å². The molecular formula is C24H27N5O4. The van der Waals surface area contributed by atoms with Crippen molar-refractivity contribution in [3.63, 3.8) is 0 Å². The second kappa shape index (κ2) is 9.50. The van der Waals surface area contributed by atoms with Gasteiger partial charge in [-0.25, -0.2) is 9.78 Å². The average Bonchev–Trinajstić information content (AvgIpc) is 3.60. The average molecular weight is 450 g/mol. The molecule has 172 valence electrons. The molecule has 2 atom stereocenters. The summed E-state index contributed by atoms with van der Waals surface area (Å²) in [6.45, 7) is 2.92. The smallest absolute Gasteiger partial charge is 0.319 e. The van der Waals surface area contributed by atoms with Gasteiger partial charge in [-0.2, -0.15) is 0 Å². The van der Waals surface area contributed by atoms with E-state index in [0.29, 0.717) is 38.5 Å². The van der Waals surface area contributed by atoms with Crippen molar-refractivity contribution in [1.82, 2.24) is 19.6 Å². The Bertz CT molecular complexity index is 1120. The number of nitrogens with zero attached hydrogens (tertiary/aromatic N) is 3. The van der Waals surface area contributed by atoms with Gasteiger partial charge in [0.1, 0.15) is 17.5 Å². The fraction of sp³-hybridized carbons (Fsp3) is 0.375. The number of fused-ring (bicyclic) bond motifs is 1. The van der Waals surface area contributed by atoms with Crippen molar-refractivity contribution in [3.05, 3.63) is 60.6 Å². The predicted molar refractivity (Wildman–Crippen MR) is 122 cm³/mol. The SMILES string of the molecule is O=C(NCc1ccn2ccnc2c1)Nc1ccc(O[C@@H]2CCN(C(=O)C3CCOC3)C2)cc1. The maximum Gasteiger partial charge on any atom is 0.319 e. The minimum absolute atomic E-state index is 0.00570. The van der Waals surface area contributed by atoms with Crippen molar-refractivity contribution in [1.29, 1.82) is 0 Å². The maximum absolute atomic E-state index is 12.5. The lowest BCUT2D eigenvalue weighted by Crippen LogP contribution is -2.36. The first-order chi connectivity index (χ1) is 16.1. The van der Waals surface area contributed by atoms with Gasteiger partial charge >= 0.3 is 6.03 Å². The molecular weight excluding hydrogens is 422 g/mol. The highest BCUT2D eigenvalue weighted by atomic mass is 16.5. The Hall–Kier alpha value is -3.59. The third-order valence-electron chi connectivity index (χ3n) is 6.07. The molecule has 2 aromatic heterocycles. The summed E-state index contributed by atoms with van der Waals surface area (Å²) in [5.41, 5.74) is 2.48. The van der Waals surface area contributed by atoms with Gasteiger partial charge in [-0.15, -0.1) is 0 Å². The molecule has 2 aliphatic heterocycles. The maximum atomic E-state index is 12.5. The normalized spacial score (nSPS) is 20.2. The van der Waals surface area contributed by atoms with E-state index in [1.54, 1.807) is 18.3 Å². The van der Waals surface area contributed by atoms with E-state index in [9.17, 15) is 9.59 Å². The summed E-state index contributed by atoms with van der Waals surface area (Å²) >= 11 is 0. The van der Waals surface area contributed by atoms with E-state index in [2.05, 4.69) is 15.6 Å². The van der Waals surface area contributed by atoms with E-state index in [0.717, 1.165) is 29.8 Å². The lowest BCUT2D eigenvalue weighted by atomic mass is 10.1. The van der Waals surface area contributed by atoms with Gasteiger partial charge in [-0.3, -0.25) is 4.79 Å². The Kier molecular flexibility index (Phi) is 6.12. The molecule has 5 rings (SSSR count). The van der Waals surface area contributed by atoms with Crippen molar-refractivity contribution in [2.24, 2.45) is 5.92 Å². The molecule has 1 aromatic carbocycles. The number of benzene rings is 1. The van der Waals surface area contributed by atoms with Crippen LogP contribution in [0.15, 0.2) is 55.0 Å². The zero-order valence-corrected chi connectivity index (χ0v) is 18.3. The van der Waals surface area contributed by atoms with Gasteiger partial charge in [-0.05, 0) is 48.4 Å². The molecule has 0 radical (unpaired) electrons. The predicted octanol–water partition coefficient (Wildman–Crippen LogP) is 2.67. The first-order valence-electron chi connectivity index (χ1n) is 11.2. The van der Waals surface area contributed by atoms with Crippen LogP contribution in [0.1, 0.15) is 18.4 Å². The molecule has 0 saturated carbocycles. The Labute approximate surface area is 191 Å². The van der Waals surface area contributed by atoms with Crippen molar-refractivity contribution in [3.8, 4) is 5.75 Å². The number of nitrogens with one attached hydrogen (secondary N) is 2. The lowest BCUT2D eigenvalue weighted by molar-refractivity contribution is -0.134. The van der Waals surface area contributed by atoms with Gasteiger partial charge in [0.2, 0.25) is 5.91 Å². The number of pyridine rings is 1. The van der Waals surface area contributed by atoms with Crippen LogP contribution in [0.2, 0.25) is 0 Å². The topological polar surface area (TPSA) is 97.2 Å². The minimum Gasteiger partial charge on any atom is -0.489 e. The number of anilines is 1. The van der Waals surface area contributed by atoms with Crippen LogP contribution in [-0.2, 0) is 16.1 Å². The number of ether oxygens (including phenoxy) is 2. The van der Waals surface area contributed by atoms with Crippen LogP contribution in [0, 0.1) is 5.92 Å². The van der Waals surface area contributed by atoms with Crippen LogP contribution in [0.25, 0.3) is 5.65 Å². The Balaban J connectivity index is 1.08. The summed E-state index contributed by atoms with van der Waals surface area (Å²) in [7, 11) is 0. The summed E-state index contributed by atoms with van der Waals surface area (Å²) in [6.07, 6.45) is 7.13. The standard InChI is InChI=1S/C24H27N5O4/c30-23(18-7-12-32-16-18)29-10-6-21(15-29)33-20-3-1-19(2-4-20)27-24(31)26-14-17-5-9-28-11-8-25-22(28)13-17/h1-5,8-9,11,13,18,21H,6-7,10,12,14-16H2,(H2,26,27,31)/t18?,21-/m1/s1. The van der Waals surface area contributed by atoms with Crippen molar-refractivity contribution < 1.29 is 19.1 Å².